The van der Waals surface area contributed by atoms with Gasteiger partial charge in [-0.2, -0.15) is 0 Å². The number of aryl methyl sites for hydroxylation is 1. The van der Waals surface area contributed by atoms with E-state index >= 15 is 0 Å². The normalized spacial score (nSPS) is 17.9. The molecule has 1 aromatic carbocycles. The SMILES string of the molecule is CCN1CCC(N(C)c2cc(C)ccc2N)CC1. The molecule has 18 heavy (non-hydrogen) atoms. The Labute approximate surface area is 111 Å². The van der Waals surface area contributed by atoms with Crippen LogP contribution in [-0.4, -0.2) is 37.6 Å². The predicted molar refractivity (Wildman–Crippen MR) is 79.1 cm³/mol. The molecule has 1 fully saturated rings. The fourth-order valence-electron chi connectivity index (χ4n) is 2.78. The third-order valence-electron chi connectivity index (χ3n) is 4.12. The lowest BCUT2D eigenvalue weighted by Crippen LogP contribution is -2.43. The van der Waals surface area contributed by atoms with Crippen LogP contribution in [0.3, 0.4) is 0 Å². The second-order valence-electron chi connectivity index (χ2n) is 5.34. The largest absolute Gasteiger partial charge is 0.397 e. The highest BCUT2D eigenvalue weighted by atomic mass is 15.2. The van der Waals surface area contributed by atoms with Crippen molar-refractivity contribution in [3.63, 3.8) is 0 Å². The maximum Gasteiger partial charge on any atom is 0.0602 e. The molecular formula is C15H25N3. The number of rotatable bonds is 3. The molecule has 3 nitrogen and oxygen atoms in total. The lowest BCUT2D eigenvalue weighted by molar-refractivity contribution is 0.221. The molecule has 2 rings (SSSR count). The summed E-state index contributed by atoms with van der Waals surface area (Å²) in [7, 11) is 2.18. The number of nitrogens with zero attached hydrogens (tertiary/aromatic N) is 2. The van der Waals surface area contributed by atoms with Crippen molar-refractivity contribution in [1.82, 2.24) is 4.90 Å². The zero-order valence-electron chi connectivity index (χ0n) is 11.8. The van der Waals surface area contributed by atoms with Crippen LogP contribution in [0.25, 0.3) is 0 Å². The van der Waals surface area contributed by atoms with Crippen molar-refractivity contribution in [2.24, 2.45) is 0 Å². The third-order valence-corrected chi connectivity index (χ3v) is 4.12. The Balaban J connectivity index is 2.07. The highest BCUT2D eigenvalue weighted by molar-refractivity contribution is 5.68. The number of hydrogen-bond donors (Lipinski definition) is 1. The molecule has 0 atom stereocenters. The van der Waals surface area contributed by atoms with Gasteiger partial charge in [-0.1, -0.05) is 13.0 Å². The highest BCUT2D eigenvalue weighted by Gasteiger charge is 2.22. The second kappa shape index (κ2) is 5.61. The molecule has 2 N–H and O–H groups in total. The first-order valence-electron chi connectivity index (χ1n) is 6.93. The van der Waals surface area contributed by atoms with Crippen molar-refractivity contribution in [2.75, 3.05) is 37.3 Å². The van der Waals surface area contributed by atoms with E-state index in [0.717, 1.165) is 5.69 Å². The number of benzene rings is 1. The van der Waals surface area contributed by atoms with Crippen LogP contribution in [-0.2, 0) is 0 Å². The fourth-order valence-corrected chi connectivity index (χ4v) is 2.78. The van der Waals surface area contributed by atoms with Crippen LogP contribution in [0, 0.1) is 6.92 Å². The summed E-state index contributed by atoms with van der Waals surface area (Å²) in [6.45, 7) is 7.94. The molecule has 0 saturated carbocycles. The van der Waals surface area contributed by atoms with E-state index in [1.54, 1.807) is 0 Å². The van der Waals surface area contributed by atoms with Gasteiger partial charge in [-0.25, -0.2) is 0 Å². The van der Waals surface area contributed by atoms with Gasteiger partial charge in [-0.05, 0) is 44.0 Å². The van der Waals surface area contributed by atoms with Gasteiger partial charge in [-0.15, -0.1) is 0 Å². The Morgan fingerprint density at radius 1 is 1.33 bits per heavy atom. The van der Waals surface area contributed by atoms with Crippen LogP contribution in [0.5, 0.6) is 0 Å². The molecule has 0 aliphatic carbocycles. The van der Waals surface area contributed by atoms with Crippen molar-refractivity contribution >= 4 is 11.4 Å². The highest BCUT2D eigenvalue weighted by Crippen LogP contribution is 2.28. The maximum atomic E-state index is 6.10. The van der Waals surface area contributed by atoms with Crippen molar-refractivity contribution in [2.45, 2.75) is 32.7 Å². The van der Waals surface area contributed by atoms with Crippen molar-refractivity contribution in [1.29, 1.82) is 0 Å². The van der Waals surface area contributed by atoms with Gasteiger partial charge < -0.3 is 15.5 Å². The number of nitrogens with two attached hydrogens (primary N) is 1. The van der Waals surface area contributed by atoms with E-state index in [1.807, 2.05) is 6.07 Å². The summed E-state index contributed by atoms with van der Waals surface area (Å²) in [5.74, 6) is 0. The van der Waals surface area contributed by atoms with Gasteiger partial charge >= 0.3 is 0 Å². The van der Waals surface area contributed by atoms with Crippen LogP contribution >= 0.6 is 0 Å². The molecular weight excluding hydrogens is 222 g/mol. The third kappa shape index (κ3) is 2.78. The molecule has 1 saturated heterocycles. The zero-order valence-corrected chi connectivity index (χ0v) is 11.8. The first-order valence-corrected chi connectivity index (χ1v) is 6.93. The fraction of sp³-hybridized carbons (Fsp3) is 0.600. The lowest BCUT2D eigenvalue weighted by Gasteiger charge is -2.38. The first kappa shape index (κ1) is 13.2. The molecule has 3 heteroatoms. The van der Waals surface area contributed by atoms with Gasteiger partial charge in [0.25, 0.3) is 0 Å². The number of piperidine rings is 1. The Kier molecular flexibility index (Phi) is 4.12. The first-order chi connectivity index (χ1) is 8.61. The van der Waals surface area contributed by atoms with Crippen molar-refractivity contribution in [3.05, 3.63) is 23.8 Å². The van der Waals surface area contributed by atoms with E-state index in [2.05, 4.69) is 42.8 Å². The number of anilines is 2. The van der Waals surface area contributed by atoms with E-state index < -0.39 is 0 Å². The van der Waals surface area contributed by atoms with Gasteiger partial charge in [-0.3, -0.25) is 0 Å². The molecule has 0 spiro atoms. The van der Waals surface area contributed by atoms with E-state index in [-0.39, 0.29) is 0 Å². The minimum atomic E-state index is 0.622. The van der Waals surface area contributed by atoms with Crippen LogP contribution in [0.2, 0.25) is 0 Å². The molecule has 0 bridgehead atoms. The lowest BCUT2D eigenvalue weighted by atomic mass is 10.0. The summed E-state index contributed by atoms with van der Waals surface area (Å²) in [6.07, 6.45) is 2.47. The van der Waals surface area contributed by atoms with E-state index in [1.165, 1.54) is 43.7 Å². The summed E-state index contributed by atoms with van der Waals surface area (Å²) in [4.78, 5) is 4.89. The summed E-state index contributed by atoms with van der Waals surface area (Å²) in [5.41, 5.74) is 9.45. The predicted octanol–water partition coefficient (Wildman–Crippen LogP) is 2.50. The van der Waals surface area contributed by atoms with E-state index in [4.69, 9.17) is 5.73 Å². The molecule has 0 unspecified atom stereocenters. The Morgan fingerprint density at radius 3 is 2.61 bits per heavy atom. The Morgan fingerprint density at radius 2 is 2.00 bits per heavy atom. The molecule has 1 heterocycles. The number of likely N-dealkylation sites (tertiary alicyclic amines) is 1. The minimum absolute atomic E-state index is 0.622. The molecule has 1 aliphatic rings. The molecule has 100 valence electrons. The quantitative estimate of drug-likeness (QED) is 0.833. The molecule has 0 aromatic heterocycles. The van der Waals surface area contributed by atoms with Gasteiger partial charge in [0, 0.05) is 26.2 Å². The van der Waals surface area contributed by atoms with Gasteiger partial charge in [0.05, 0.1) is 11.4 Å². The van der Waals surface area contributed by atoms with Crippen LogP contribution in [0.4, 0.5) is 11.4 Å². The maximum absolute atomic E-state index is 6.10. The molecule has 0 radical (unpaired) electrons. The summed E-state index contributed by atoms with van der Waals surface area (Å²) < 4.78 is 0. The van der Waals surface area contributed by atoms with E-state index in [0.29, 0.717) is 6.04 Å². The minimum Gasteiger partial charge on any atom is -0.397 e. The van der Waals surface area contributed by atoms with Crippen LogP contribution in [0.15, 0.2) is 18.2 Å². The van der Waals surface area contributed by atoms with Crippen molar-refractivity contribution in [3.8, 4) is 0 Å². The molecule has 0 amide bonds. The summed E-state index contributed by atoms with van der Waals surface area (Å²) in [5, 5.41) is 0. The molecule has 1 aromatic rings. The standard InChI is InChI=1S/C15H25N3/c1-4-18-9-7-13(8-10-18)17(3)15-11-12(2)5-6-14(15)16/h5-6,11,13H,4,7-10,16H2,1-3H3. The smallest absolute Gasteiger partial charge is 0.0602 e. The number of nitrogen functional groups attached to an aromatic ring is 1. The van der Waals surface area contributed by atoms with Crippen molar-refractivity contribution < 1.29 is 0 Å². The summed E-state index contributed by atoms with van der Waals surface area (Å²) >= 11 is 0. The number of hydrogen-bond acceptors (Lipinski definition) is 3. The topological polar surface area (TPSA) is 32.5 Å². The average Bonchev–Trinajstić information content (AvgIpc) is 2.41. The second-order valence-corrected chi connectivity index (χ2v) is 5.34. The van der Waals surface area contributed by atoms with E-state index in [9.17, 15) is 0 Å². The average molecular weight is 247 g/mol. The summed E-state index contributed by atoms with van der Waals surface area (Å²) in [6, 6.07) is 6.91. The monoisotopic (exact) mass is 247 g/mol. The Hall–Kier alpha value is -1.22. The van der Waals surface area contributed by atoms with Gasteiger partial charge in [0.2, 0.25) is 0 Å². The van der Waals surface area contributed by atoms with Crippen LogP contribution in [0.1, 0.15) is 25.3 Å². The van der Waals surface area contributed by atoms with Gasteiger partial charge in [0.1, 0.15) is 0 Å². The molecule has 1 aliphatic heterocycles. The van der Waals surface area contributed by atoms with Gasteiger partial charge in [0.15, 0.2) is 0 Å². The Bertz CT molecular complexity index is 395. The zero-order chi connectivity index (χ0) is 13.1. The van der Waals surface area contributed by atoms with Crippen LogP contribution < -0.4 is 10.6 Å².